The lowest BCUT2D eigenvalue weighted by molar-refractivity contribution is -0.114. The number of hydrogen-bond acceptors (Lipinski definition) is 5. The fourth-order valence-corrected chi connectivity index (χ4v) is 3.62. The molecule has 1 aliphatic rings. The molecule has 1 aromatic heterocycles. The Balaban J connectivity index is 1.59. The van der Waals surface area contributed by atoms with Crippen molar-refractivity contribution < 1.29 is 19.1 Å². The third-order valence-corrected chi connectivity index (χ3v) is 5.54. The van der Waals surface area contributed by atoms with E-state index in [-0.39, 0.29) is 23.6 Å². The molecule has 3 aromatic rings. The van der Waals surface area contributed by atoms with Gasteiger partial charge in [0, 0.05) is 42.0 Å². The summed E-state index contributed by atoms with van der Waals surface area (Å²) in [5, 5.41) is 3.38. The zero-order chi connectivity index (χ0) is 23.5. The zero-order valence-corrected chi connectivity index (χ0v) is 18.7. The molecule has 0 bridgehead atoms. The third-order valence-electron chi connectivity index (χ3n) is 5.29. The largest absolute Gasteiger partial charge is 0.481 e. The van der Waals surface area contributed by atoms with Crippen molar-refractivity contribution in [2.75, 3.05) is 19.1 Å². The van der Waals surface area contributed by atoms with Crippen LogP contribution in [0, 0.1) is 0 Å². The number of likely N-dealkylation sites (N-methyl/N-ethyl adjacent to an activating group) is 1. The molecule has 0 radical (unpaired) electrons. The first kappa shape index (κ1) is 22.2. The van der Waals surface area contributed by atoms with E-state index in [2.05, 4.69) is 10.3 Å². The van der Waals surface area contributed by atoms with Gasteiger partial charge in [-0.15, -0.1) is 0 Å². The SMILES string of the molecule is COc1cc(CNC(=O)c2ccc3c(c2)C(=O)C(=Cc2ccc(Cl)cc2)C(=O)N3C)ccn1. The number of benzene rings is 2. The van der Waals surface area contributed by atoms with Gasteiger partial charge < -0.3 is 15.0 Å². The van der Waals surface area contributed by atoms with Gasteiger partial charge in [-0.3, -0.25) is 14.4 Å². The molecule has 1 N–H and O–H groups in total. The Labute approximate surface area is 195 Å². The van der Waals surface area contributed by atoms with Crippen LogP contribution in [-0.2, 0) is 11.3 Å². The first-order valence-electron chi connectivity index (χ1n) is 10.1. The van der Waals surface area contributed by atoms with E-state index in [0.29, 0.717) is 27.7 Å². The molecule has 0 fully saturated rings. The Hall–Kier alpha value is -3.97. The molecular formula is C25H20ClN3O4. The number of Topliss-reactive ketones (excluding diaryl/α,β-unsaturated/α-hetero) is 1. The summed E-state index contributed by atoms with van der Waals surface area (Å²) in [7, 11) is 3.12. The van der Waals surface area contributed by atoms with E-state index in [1.54, 1.807) is 61.8 Å². The first-order valence-corrected chi connectivity index (χ1v) is 10.5. The number of nitrogens with one attached hydrogen (secondary N) is 1. The minimum atomic E-state index is -0.434. The number of methoxy groups -OCH3 is 1. The van der Waals surface area contributed by atoms with Gasteiger partial charge in [-0.2, -0.15) is 0 Å². The average Bonchev–Trinajstić information content (AvgIpc) is 2.84. The summed E-state index contributed by atoms with van der Waals surface area (Å²) < 4.78 is 5.09. The molecule has 1 aliphatic heterocycles. The molecule has 8 heteroatoms. The van der Waals surface area contributed by atoms with Crippen molar-refractivity contribution in [3.8, 4) is 5.88 Å². The molecule has 0 aliphatic carbocycles. The zero-order valence-electron chi connectivity index (χ0n) is 18.0. The highest BCUT2D eigenvalue weighted by atomic mass is 35.5. The second-order valence-corrected chi connectivity index (χ2v) is 7.86. The Bertz CT molecular complexity index is 1290. The lowest BCUT2D eigenvalue weighted by Gasteiger charge is -2.27. The number of amides is 2. The number of aromatic nitrogens is 1. The third kappa shape index (κ3) is 4.63. The molecule has 0 unspecified atom stereocenters. The van der Waals surface area contributed by atoms with E-state index in [1.807, 2.05) is 0 Å². The number of ketones is 1. The number of ether oxygens (including phenoxy) is 1. The van der Waals surface area contributed by atoms with Gasteiger partial charge in [-0.05, 0) is 53.6 Å². The molecule has 2 heterocycles. The number of rotatable bonds is 5. The van der Waals surface area contributed by atoms with E-state index in [0.717, 1.165) is 5.56 Å². The Kier molecular flexibility index (Phi) is 6.24. The van der Waals surface area contributed by atoms with Crippen LogP contribution < -0.4 is 15.0 Å². The van der Waals surface area contributed by atoms with Gasteiger partial charge in [0.1, 0.15) is 0 Å². The van der Waals surface area contributed by atoms with Crippen LogP contribution in [-0.4, -0.2) is 36.7 Å². The van der Waals surface area contributed by atoms with Gasteiger partial charge in [-0.1, -0.05) is 23.7 Å². The maximum atomic E-state index is 13.2. The van der Waals surface area contributed by atoms with Gasteiger partial charge in [0.25, 0.3) is 11.8 Å². The lowest BCUT2D eigenvalue weighted by atomic mass is 9.92. The second-order valence-electron chi connectivity index (χ2n) is 7.42. The predicted octanol–water partition coefficient (Wildman–Crippen LogP) is 3.92. The van der Waals surface area contributed by atoms with Gasteiger partial charge >= 0.3 is 0 Å². The number of pyridine rings is 1. The maximum Gasteiger partial charge on any atom is 0.262 e. The number of carbonyl (C=O) groups is 3. The van der Waals surface area contributed by atoms with Crippen LogP contribution in [0.2, 0.25) is 5.02 Å². The van der Waals surface area contributed by atoms with E-state index >= 15 is 0 Å². The van der Waals surface area contributed by atoms with Crippen LogP contribution in [0.1, 0.15) is 31.8 Å². The van der Waals surface area contributed by atoms with Gasteiger partial charge in [0.15, 0.2) is 0 Å². The first-order chi connectivity index (χ1) is 15.9. The highest BCUT2D eigenvalue weighted by Crippen LogP contribution is 2.31. The van der Waals surface area contributed by atoms with Crippen molar-refractivity contribution in [2.45, 2.75) is 6.54 Å². The summed E-state index contributed by atoms with van der Waals surface area (Å²) in [6.45, 7) is 0.267. The standard InChI is InChI=1S/C25H20ClN3O4/c1-29-21-8-5-17(24(31)28-14-16-9-10-27-22(12-16)33-2)13-19(21)23(30)20(25(29)32)11-15-3-6-18(26)7-4-15/h3-13H,14H2,1-2H3,(H,28,31). The van der Waals surface area contributed by atoms with Crippen LogP contribution in [0.4, 0.5) is 5.69 Å². The quantitative estimate of drug-likeness (QED) is 0.459. The Morgan fingerprint density at radius 2 is 1.88 bits per heavy atom. The molecule has 0 saturated heterocycles. The number of hydrogen-bond donors (Lipinski definition) is 1. The minimum Gasteiger partial charge on any atom is -0.481 e. The summed E-state index contributed by atoms with van der Waals surface area (Å²) in [6, 6.07) is 15.0. The maximum absolute atomic E-state index is 13.2. The summed E-state index contributed by atoms with van der Waals surface area (Å²) in [5.41, 5.74) is 2.58. The van der Waals surface area contributed by atoms with Crippen LogP contribution >= 0.6 is 11.6 Å². The van der Waals surface area contributed by atoms with Crippen LogP contribution in [0.3, 0.4) is 0 Å². The number of anilines is 1. The Morgan fingerprint density at radius 1 is 1.12 bits per heavy atom. The monoisotopic (exact) mass is 461 g/mol. The minimum absolute atomic E-state index is 0.0220. The fraction of sp³-hybridized carbons (Fsp3) is 0.120. The van der Waals surface area contributed by atoms with E-state index in [9.17, 15) is 14.4 Å². The molecule has 0 spiro atoms. The summed E-state index contributed by atoms with van der Waals surface area (Å²) in [6.07, 6.45) is 3.13. The van der Waals surface area contributed by atoms with Gasteiger partial charge in [0.05, 0.1) is 18.4 Å². The van der Waals surface area contributed by atoms with Gasteiger partial charge in [0.2, 0.25) is 11.7 Å². The second kappa shape index (κ2) is 9.26. The average molecular weight is 462 g/mol. The van der Waals surface area contributed by atoms with Crippen LogP contribution in [0.25, 0.3) is 6.08 Å². The highest BCUT2D eigenvalue weighted by Gasteiger charge is 2.33. The van der Waals surface area contributed by atoms with E-state index in [4.69, 9.17) is 16.3 Å². The van der Waals surface area contributed by atoms with E-state index in [1.165, 1.54) is 24.2 Å². The molecular weight excluding hydrogens is 442 g/mol. The van der Waals surface area contributed by atoms with Crippen LogP contribution in [0.15, 0.2) is 66.4 Å². The molecule has 0 saturated carbocycles. The normalized spacial score (nSPS) is 14.3. The smallest absolute Gasteiger partial charge is 0.262 e. The van der Waals surface area contributed by atoms with Crippen molar-refractivity contribution in [1.82, 2.24) is 10.3 Å². The lowest BCUT2D eigenvalue weighted by Crippen LogP contribution is -2.37. The van der Waals surface area contributed by atoms with Crippen molar-refractivity contribution in [3.05, 3.63) is 93.6 Å². The predicted molar refractivity (Wildman–Crippen MR) is 126 cm³/mol. The van der Waals surface area contributed by atoms with Crippen molar-refractivity contribution in [1.29, 1.82) is 0 Å². The molecule has 7 nitrogen and oxygen atoms in total. The Morgan fingerprint density at radius 3 is 2.61 bits per heavy atom. The molecule has 0 atom stereocenters. The van der Waals surface area contributed by atoms with E-state index < -0.39 is 11.7 Å². The molecule has 4 rings (SSSR count). The number of carbonyl (C=O) groups excluding carboxylic acids is 3. The topological polar surface area (TPSA) is 88.6 Å². The number of fused-ring (bicyclic) bond motifs is 1. The number of nitrogens with zero attached hydrogens (tertiary/aromatic N) is 2. The van der Waals surface area contributed by atoms with Crippen molar-refractivity contribution in [2.24, 2.45) is 0 Å². The summed E-state index contributed by atoms with van der Waals surface area (Å²) in [5.74, 6) is -0.735. The van der Waals surface area contributed by atoms with Crippen molar-refractivity contribution in [3.63, 3.8) is 0 Å². The molecule has 2 aromatic carbocycles. The fourth-order valence-electron chi connectivity index (χ4n) is 3.49. The molecule has 33 heavy (non-hydrogen) atoms. The van der Waals surface area contributed by atoms with Crippen LogP contribution in [0.5, 0.6) is 5.88 Å². The highest BCUT2D eigenvalue weighted by molar-refractivity contribution is 6.36. The number of halogens is 1. The molecule has 166 valence electrons. The molecule has 2 amide bonds. The van der Waals surface area contributed by atoms with Crippen molar-refractivity contribution >= 4 is 41.0 Å². The summed E-state index contributed by atoms with van der Waals surface area (Å²) >= 11 is 5.92. The van der Waals surface area contributed by atoms with Gasteiger partial charge in [-0.25, -0.2) is 4.98 Å². The summed E-state index contributed by atoms with van der Waals surface area (Å²) in [4.78, 5) is 44.2.